The van der Waals surface area contributed by atoms with E-state index in [0.29, 0.717) is 22.3 Å². The summed E-state index contributed by atoms with van der Waals surface area (Å²) in [6, 6.07) is 20.3. The molecular weight excluding hydrogens is 484 g/mol. The molecule has 0 bridgehead atoms. The van der Waals surface area contributed by atoms with Crippen molar-refractivity contribution in [3.05, 3.63) is 113 Å². The van der Waals surface area contributed by atoms with Gasteiger partial charge in [0.05, 0.1) is 11.6 Å². The van der Waals surface area contributed by atoms with Crippen LogP contribution in [0.3, 0.4) is 0 Å². The number of rotatable bonds is 6. The van der Waals surface area contributed by atoms with Crippen LogP contribution in [0, 0.1) is 0 Å². The standard InChI is InChI=1S/C27H19ClN2O6/c28-18-11-9-16(10-12-18)24-23(26(35)27(36)30(24)20-7-2-1-3-8-20)25(34)17-5-4-6-19(15-17)29-21(31)13-14-22(32)33/h1-15,24,34H,(H,29,31)(H,32,33). The molecule has 1 unspecified atom stereocenters. The zero-order valence-corrected chi connectivity index (χ0v) is 19.3. The maximum Gasteiger partial charge on any atom is 0.328 e. The Labute approximate surface area is 210 Å². The third kappa shape index (κ3) is 5.03. The molecule has 3 N–H and O–H groups in total. The van der Waals surface area contributed by atoms with Gasteiger partial charge in [-0.2, -0.15) is 0 Å². The van der Waals surface area contributed by atoms with Crippen molar-refractivity contribution < 1.29 is 29.4 Å². The summed E-state index contributed by atoms with van der Waals surface area (Å²) in [6.07, 6.45) is 1.54. The molecule has 0 saturated carbocycles. The van der Waals surface area contributed by atoms with E-state index in [4.69, 9.17) is 16.7 Å². The monoisotopic (exact) mass is 502 g/mol. The molecule has 1 heterocycles. The summed E-state index contributed by atoms with van der Waals surface area (Å²) < 4.78 is 0. The average Bonchev–Trinajstić information content (AvgIpc) is 3.13. The van der Waals surface area contributed by atoms with Gasteiger partial charge < -0.3 is 15.5 Å². The molecule has 0 radical (unpaired) electrons. The maximum atomic E-state index is 13.2. The molecule has 0 aromatic heterocycles. The second kappa shape index (κ2) is 10.3. The summed E-state index contributed by atoms with van der Waals surface area (Å²) in [7, 11) is 0. The van der Waals surface area contributed by atoms with E-state index in [1.807, 2.05) is 0 Å². The number of carboxylic acid groups (broad SMARTS) is 1. The number of halogens is 1. The van der Waals surface area contributed by atoms with Crippen LogP contribution >= 0.6 is 11.6 Å². The van der Waals surface area contributed by atoms with Crippen molar-refractivity contribution in [3.8, 4) is 0 Å². The predicted molar refractivity (Wildman–Crippen MR) is 135 cm³/mol. The van der Waals surface area contributed by atoms with Gasteiger partial charge in [0.1, 0.15) is 5.76 Å². The van der Waals surface area contributed by atoms with Crippen molar-refractivity contribution in [2.24, 2.45) is 0 Å². The highest BCUT2D eigenvalue weighted by Gasteiger charge is 2.46. The summed E-state index contributed by atoms with van der Waals surface area (Å²) in [5.74, 6) is -4.06. The number of aliphatic carboxylic acids is 1. The lowest BCUT2D eigenvalue weighted by Gasteiger charge is -2.25. The van der Waals surface area contributed by atoms with E-state index in [2.05, 4.69) is 5.32 Å². The van der Waals surface area contributed by atoms with E-state index in [9.17, 15) is 24.3 Å². The van der Waals surface area contributed by atoms with Crippen LogP contribution in [-0.2, 0) is 19.2 Å². The molecule has 3 aromatic carbocycles. The molecule has 3 aromatic rings. The van der Waals surface area contributed by atoms with E-state index in [1.54, 1.807) is 54.6 Å². The second-order valence-electron chi connectivity index (χ2n) is 7.80. The molecule has 1 atom stereocenters. The fourth-order valence-corrected chi connectivity index (χ4v) is 4.00. The molecule has 1 aliphatic rings. The molecule has 1 fully saturated rings. The molecule has 0 spiro atoms. The number of para-hydroxylation sites is 1. The van der Waals surface area contributed by atoms with Gasteiger partial charge in [0.15, 0.2) is 0 Å². The van der Waals surface area contributed by atoms with Crippen LogP contribution < -0.4 is 10.2 Å². The number of hydrogen-bond acceptors (Lipinski definition) is 5. The number of nitrogens with one attached hydrogen (secondary N) is 1. The molecule has 8 nitrogen and oxygen atoms in total. The lowest BCUT2D eigenvalue weighted by molar-refractivity contribution is -0.132. The first kappa shape index (κ1) is 24.4. The Hall–Kier alpha value is -4.69. The first-order valence-corrected chi connectivity index (χ1v) is 11.1. The van der Waals surface area contributed by atoms with Crippen LogP contribution in [0.4, 0.5) is 11.4 Å². The van der Waals surface area contributed by atoms with Crippen molar-refractivity contribution in [1.82, 2.24) is 0 Å². The normalized spacial score (nSPS) is 16.9. The Morgan fingerprint density at radius 3 is 2.25 bits per heavy atom. The van der Waals surface area contributed by atoms with Gasteiger partial charge in [-0.15, -0.1) is 0 Å². The number of amides is 2. The number of benzene rings is 3. The first-order valence-electron chi connectivity index (χ1n) is 10.7. The lowest BCUT2D eigenvalue weighted by atomic mass is 9.95. The number of carbonyl (C=O) groups is 4. The molecule has 0 aliphatic carbocycles. The van der Waals surface area contributed by atoms with Gasteiger partial charge in [-0.25, -0.2) is 4.79 Å². The van der Waals surface area contributed by atoms with Crippen molar-refractivity contribution in [2.75, 3.05) is 10.2 Å². The van der Waals surface area contributed by atoms with Gasteiger partial charge in [-0.05, 0) is 42.0 Å². The number of aliphatic hydroxyl groups excluding tert-OH is 1. The van der Waals surface area contributed by atoms with Crippen molar-refractivity contribution in [1.29, 1.82) is 0 Å². The summed E-state index contributed by atoms with van der Waals surface area (Å²) in [5, 5.41) is 22.9. The average molecular weight is 503 g/mol. The predicted octanol–water partition coefficient (Wildman–Crippen LogP) is 4.55. The Bertz CT molecular complexity index is 1410. The number of anilines is 2. The number of hydrogen-bond donors (Lipinski definition) is 3. The van der Waals surface area contributed by atoms with Gasteiger partial charge in [-0.3, -0.25) is 19.3 Å². The van der Waals surface area contributed by atoms with E-state index in [-0.39, 0.29) is 16.8 Å². The highest BCUT2D eigenvalue weighted by Crippen LogP contribution is 2.42. The minimum atomic E-state index is -1.28. The Morgan fingerprint density at radius 2 is 1.58 bits per heavy atom. The third-order valence-corrected chi connectivity index (χ3v) is 5.70. The van der Waals surface area contributed by atoms with Crippen molar-refractivity contribution in [3.63, 3.8) is 0 Å². The number of carboxylic acids is 1. The first-order chi connectivity index (χ1) is 17.3. The Morgan fingerprint density at radius 1 is 0.889 bits per heavy atom. The smallest absolute Gasteiger partial charge is 0.328 e. The number of nitrogens with zero attached hydrogens (tertiary/aromatic N) is 1. The fraction of sp³-hybridized carbons (Fsp3) is 0.0370. The zero-order chi connectivity index (χ0) is 25.8. The van der Waals surface area contributed by atoms with Crippen molar-refractivity contribution in [2.45, 2.75) is 6.04 Å². The minimum absolute atomic E-state index is 0.125. The topological polar surface area (TPSA) is 124 Å². The van der Waals surface area contributed by atoms with Crippen LogP contribution in [-0.4, -0.2) is 33.8 Å². The summed E-state index contributed by atoms with van der Waals surface area (Å²) in [4.78, 5) is 50.2. The summed E-state index contributed by atoms with van der Waals surface area (Å²) in [5.41, 5.74) is 1.34. The fourth-order valence-electron chi connectivity index (χ4n) is 3.88. The van der Waals surface area contributed by atoms with Gasteiger partial charge in [0.2, 0.25) is 5.91 Å². The van der Waals surface area contributed by atoms with Gasteiger partial charge >= 0.3 is 5.97 Å². The van der Waals surface area contributed by atoms with Crippen LogP contribution in [0.25, 0.3) is 5.76 Å². The van der Waals surface area contributed by atoms with Crippen LogP contribution in [0.5, 0.6) is 0 Å². The molecule has 2 amide bonds. The van der Waals surface area contributed by atoms with Gasteiger partial charge in [0, 0.05) is 34.1 Å². The second-order valence-corrected chi connectivity index (χ2v) is 8.23. The molecule has 9 heteroatoms. The van der Waals surface area contributed by atoms with Crippen LogP contribution in [0.1, 0.15) is 17.2 Å². The highest BCUT2D eigenvalue weighted by molar-refractivity contribution is 6.51. The number of Topliss-reactive ketones (excluding diaryl/α,β-unsaturated/α-hetero) is 1. The minimum Gasteiger partial charge on any atom is -0.507 e. The van der Waals surface area contributed by atoms with Gasteiger partial charge in [-0.1, -0.05) is 54.1 Å². The molecule has 1 aliphatic heterocycles. The largest absolute Gasteiger partial charge is 0.507 e. The Balaban J connectivity index is 1.80. The molecule has 180 valence electrons. The van der Waals surface area contributed by atoms with E-state index >= 15 is 0 Å². The SMILES string of the molecule is O=C(O)C=CC(=O)Nc1cccc(C(O)=C2C(=O)C(=O)N(c3ccccc3)C2c2ccc(Cl)cc2)c1. The quantitative estimate of drug-likeness (QED) is 0.258. The molecule has 36 heavy (non-hydrogen) atoms. The van der Waals surface area contributed by atoms with E-state index in [0.717, 1.165) is 6.08 Å². The Kier molecular flexibility index (Phi) is 6.98. The highest BCUT2D eigenvalue weighted by atomic mass is 35.5. The van der Waals surface area contributed by atoms with Crippen LogP contribution in [0.2, 0.25) is 5.02 Å². The lowest BCUT2D eigenvalue weighted by Crippen LogP contribution is -2.29. The number of aliphatic hydroxyl groups is 1. The summed E-state index contributed by atoms with van der Waals surface area (Å²) >= 11 is 6.04. The van der Waals surface area contributed by atoms with E-state index in [1.165, 1.54) is 29.2 Å². The van der Waals surface area contributed by atoms with E-state index < -0.39 is 35.4 Å². The third-order valence-electron chi connectivity index (χ3n) is 5.45. The van der Waals surface area contributed by atoms with Gasteiger partial charge in [0.25, 0.3) is 11.7 Å². The number of ketones is 1. The van der Waals surface area contributed by atoms with Crippen molar-refractivity contribution >= 4 is 52.3 Å². The molecule has 4 rings (SSSR count). The molecule has 1 saturated heterocycles. The number of carbonyl (C=O) groups excluding carboxylic acids is 3. The zero-order valence-electron chi connectivity index (χ0n) is 18.6. The molecular formula is C27H19ClN2O6. The maximum absolute atomic E-state index is 13.2. The summed E-state index contributed by atoms with van der Waals surface area (Å²) in [6.45, 7) is 0. The van der Waals surface area contributed by atoms with Crippen LogP contribution in [0.15, 0.2) is 96.6 Å².